The average molecular weight is 387 g/mol. The van der Waals surface area contributed by atoms with Gasteiger partial charge in [0.2, 0.25) is 0 Å². The van der Waals surface area contributed by atoms with Crippen molar-refractivity contribution in [2.45, 2.75) is 31.8 Å². The van der Waals surface area contributed by atoms with E-state index in [1.54, 1.807) is 0 Å². The molecule has 2 N–H and O–H groups in total. The highest BCUT2D eigenvalue weighted by molar-refractivity contribution is 5.59. The summed E-state index contributed by atoms with van der Waals surface area (Å²) in [6.07, 6.45) is -1.48. The molecule has 1 aliphatic rings. The van der Waals surface area contributed by atoms with Crippen molar-refractivity contribution in [3.05, 3.63) is 59.7 Å². The van der Waals surface area contributed by atoms with Gasteiger partial charge in [-0.25, -0.2) is 4.79 Å². The minimum atomic E-state index is -0.841. The number of hydrogen-bond acceptors (Lipinski definition) is 7. The van der Waals surface area contributed by atoms with Crippen molar-refractivity contribution < 1.29 is 28.8 Å². The fourth-order valence-electron chi connectivity index (χ4n) is 2.97. The molecule has 3 rings (SSSR count). The summed E-state index contributed by atoms with van der Waals surface area (Å²) in [6, 6.07) is 15.4. The van der Waals surface area contributed by atoms with Crippen LogP contribution >= 0.6 is 0 Å². The Balaban J connectivity index is 1.53. The molecule has 28 heavy (non-hydrogen) atoms. The number of carbonyl (C=O) groups excluding carboxylic acids is 1. The van der Waals surface area contributed by atoms with Crippen LogP contribution in [0.3, 0.4) is 0 Å². The molecule has 2 aromatic carbocycles. The number of benzene rings is 2. The van der Waals surface area contributed by atoms with Gasteiger partial charge in [0.05, 0.1) is 13.2 Å². The third-order valence-corrected chi connectivity index (χ3v) is 4.42. The molecule has 1 aliphatic heterocycles. The zero-order chi connectivity index (χ0) is 19.9. The van der Waals surface area contributed by atoms with E-state index >= 15 is 0 Å². The Morgan fingerprint density at radius 2 is 2.04 bits per heavy atom. The van der Waals surface area contributed by atoms with Crippen molar-refractivity contribution in [3.8, 4) is 11.5 Å². The van der Waals surface area contributed by atoms with Crippen molar-refractivity contribution in [2.24, 2.45) is 0 Å². The van der Waals surface area contributed by atoms with Crippen LogP contribution in [0.2, 0.25) is 0 Å². The molecular weight excluding hydrogens is 362 g/mol. The second kappa shape index (κ2) is 9.43. The Hall–Kier alpha value is -2.77. The first-order valence-corrected chi connectivity index (χ1v) is 9.18. The van der Waals surface area contributed by atoms with Gasteiger partial charge in [0.1, 0.15) is 0 Å². The van der Waals surface area contributed by atoms with Crippen LogP contribution in [0.15, 0.2) is 48.5 Å². The van der Waals surface area contributed by atoms with Gasteiger partial charge in [-0.3, -0.25) is 0 Å². The van der Waals surface area contributed by atoms with Gasteiger partial charge in [-0.15, -0.1) is 0 Å². The number of nitrogens with one attached hydrogen (secondary N) is 1. The Bertz CT molecular complexity index is 782. The predicted octanol–water partition coefficient (Wildman–Crippen LogP) is 2.82. The molecule has 3 unspecified atom stereocenters. The summed E-state index contributed by atoms with van der Waals surface area (Å²) < 4.78 is 20.7. The molecule has 0 saturated carbocycles. The maximum absolute atomic E-state index is 11.2. The summed E-state index contributed by atoms with van der Waals surface area (Å²) in [5.74, 6) is 1.13. The van der Waals surface area contributed by atoms with Gasteiger partial charge in [-0.1, -0.05) is 36.4 Å². The molecule has 0 fully saturated rings. The van der Waals surface area contributed by atoms with Gasteiger partial charge in [-0.05, 0) is 36.6 Å². The predicted molar refractivity (Wildman–Crippen MR) is 102 cm³/mol. The maximum Gasteiger partial charge on any atom is 0.511 e. The molecule has 0 saturated heterocycles. The lowest BCUT2D eigenvalue weighted by Crippen LogP contribution is -2.34. The maximum atomic E-state index is 11.2. The second-order valence-corrected chi connectivity index (χ2v) is 6.65. The average Bonchev–Trinajstić information content (AvgIpc) is 2.72. The van der Waals surface area contributed by atoms with Crippen LogP contribution in [-0.2, 0) is 15.9 Å². The minimum Gasteiger partial charge on any atom is -0.482 e. The number of aliphatic hydroxyl groups is 1. The quantitative estimate of drug-likeness (QED) is 0.707. The summed E-state index contributed by atoms with van der Waals surface area (Å²) in [5, 5.41) is 13.6. The topological polar surface area (TPSA) is 86.3 Å². The molecule has 1 heterocycles. The molecule has 0 spiro atoms. The summed E-state index contributed by atoms with van der Waals surface area (Å²) >= 11 is 0. The summed E-state index contributed by atoms with van der Waals surface area (Å²) in [6.45, 7) is 2.62. The second-order valence-electron chi connectivity index (χ2n) is 6.65. The lowest BCUT2D eigenvalue weighted by atomic mass is 10.1. The van der Waals surface area contributed by atoms with E-state index in [4.69, 9.17) is 14.2 Å². The number of aliphatic hydroxyl groups excluding tert-OH is 1. The third-order valence-electron chi connectivity index (χ3n) is 4.42. The van der Waals surface area contributed by atoms with E-state index in [2.05, 4.69) is 17.0 Å². The van der Waals surface area contributed by atoms with E-state index in [1.807, 2.05) is 48.5 Å². The first-order valence-electron chi connectivity index (χ1n) is 9.18. The van der Waals surface area contributed by atoms with Crippen LogP contribution < -0.4 is 14.8 Å². The van der Waals surface area contributed by atoms with Crippen molar-refractivity contribution in [1.82, 2.24) is 5.32 Å². The minimum absolute atomic E-state index is 0.108. The van der Waals surface area contributed by atoms with Gasteiger partial charge in [0.25, 0.3) is 6.29 Å². The molecule has 0 radical (unpaired) electrons. The highest BCUT2D eigenvalue weighted by Gasteiger charge is 2.25. The Labute approximate surface area is 164 Å². The van der Waals surface area contributed by atoms with E-state index in [0.29, 0.717) is 18.0 Å². The highest BCUT2D eigenvalue weighted by Crippen LogP contribution is 2.33. The summed E-state index contributed by atoms with van der Waals surface area (Å²) in [4.78, 5) is 11.2. The molecule has 3 atom stereocenters. The molecule has 0 bridgehead atoms. The van der Waals surface area contributed by atoms with E-state index in [1.165, 1.54) is 7.11 Å². The molecule has 2 aromatic rings. The van der Waals surface area contributed by atoms with E-state index in [-0.39, 0.29) is 12.6 Å². The lowest BCUT2D eigenvalue weighted by Gasteiger charge is -2.26. The lowest BCUT2D eigenvalue weighted by molar-refractivity contribution is -0.0934. The van der Waals surface area contributed by atoms with Gasteiger partial charge in [-0.2, -0.15) is 0 Å². The number of hydrogen-bond donors (Lipinski definition) is 2. The van der Waals surface area contributed by atoms with Crippen molar-refractivity contribution in [3.63, 3.8) is 0 Å². The Kier molecular flexibility index (Phi) is 6.73. The number of ether oxygens (including phenoxy) is 4. The normalized spacial score (nSPS) is 17.5. The molecule has 7 heteroatoms. The van der Waals surface area contributed by atoms with Crippen molar-refractivity contribution >= 4 is 6.16 Å². The fraction of sp³-hybridized carbons (Fsp3) is 0.381. The standard InChI is InChI=1S/C21H25NO6/c1-14(22-12-17(23)16-6-4-3-5-7-16)10-15-8-9-18-19(11-15)27-20(13-26-18)28-21(24)25-2/h3-9,11,14,17,20,22-23H,10,12-13H2,1-2H3. The van der Waals surface area contributed by atoms with Crippen LogP contribution in [0, 0.1) is 0 Å². The molecule has 0 aromatic heterocycles. The van der Waals surface area contributed by atoms with Gasteiger partial charge < -0.3 is 29.4 Å². The smallest absolute Gasteiger partial charge is 0.482 e. The van der Waals surface area contributed by atoms with Crippen LogP contribution in [0.25, 0.3) is 0 Å². The molecular formula is C21H25NO6. The molecule has 0 amide bonds. The van der Waals surface area contributed by atoms with Gasteiger partial charge >= 0.3 is 6.16 Å². The van der Waals surface area contributed by atoms with Crippen molar-refractivity contribution in [1.29, 1.82) is 0 Å². The molecule has 0 aliphatic carbocycles. The SMILES string of the molecule is COC(=O)OC1COc2ccc(CC(C)NCC(O)c3ccccc3)cc2O1. The Morgan fingerprint density at radius 3 is 2.79 bits per heavy atom. The first-order chi connectivity index (χ1) is 13.5. The molecule has 7 nitrogen and oxygen atoms in total. The van der Waals surface area contributed by atoms with Gasteiger partial charge in [0, 0.05) is 12.6 Å². The van der Waals surface area contributed by atoms with Crippen LogP contribution in [0.4, 0.5) is 4.79 Å². The van der Waals surface area contributed by atoms with E-state index < -0.39 is 18.5 Å². The largest absolute Gasteiger partial charge is 0.511 e. The van der Waals surface area contributed by atoms with E-state index in [0.717, 1.165) is 17.5 Å². The van der Waals surface area contributed by atoms with Crippen LogP contribution in [0.5, 0.6) is 11.5 Å². The monoisotopic (exact) mass is 387 g/mol. The zero-order valence-electron chi connectivity index (χ0n) is 16.0. The first kappa shape index (κ1) is 20.0. The van der Waals surface area contributed by atoms with Gasteiger partial charge in [0.15, 0.2) is 18.1 Å². The number of fused-ring (bicyclic) bond motifs is 1. The highest BCUT2D eigenvalue weighted by atomic mass is 16.8. The zero-order valence-corrected chi connectivity index (χ0v) is 16.0. The van der Waals surface area contributed by atoms with Crippen molar-refractivity contribution in [2.75, 3.05) is 20.3 Å². The Morgan fingerprint density at radius 1 is 1.25 bits per heavy atom. The van der Waals surface area contributed by atoms with E-state index in [9.17, 15) is 9.90 Å². The third kappa shape index (κ3) is 5.37. The number of rotatable bonds is 7. The van der Waals surface area contributed by atoms with Crippen LogP contribution in [-0.4, -0.2) is 43.9 Å². The summed E-state index contributed by atoms with van der Waals surface area (Å²) in [7, 11) is 1.24. The summed E-state index contributed by atoms with van der Waals surface area (Å²) in [5.41, 5.74) is 1.92. The van der Waals surface area contributed by atoms with Crippen LogP contribution in [0.1, 0.15) is 24.2 Å². The number of methoxy groups -OCH3 is 1. The molecule has 150 valence electrons. The fourth-order valence-corrected chi connectivity index (χ4v) is 2.97. The number of carbonyl (C=O) groups is 1.